The number of hydrogen-bond acceptors (Lipinski definition) is 3. The van der Waals surface area contributed by atoms with Crippen LogP contribution in [0.1, 0.15) is 31.7 Å². The van der Waals surface area contributed by atoms with Gasteiger partial charge < -0.3 is 9.84 Å². The molecule has 0 saturated carbocycles. The predicted octanol–water partition coefficient (Wildman–Crippen LogP) is 1.54. The molecule has 0 aliphatic rings. The molecule has 1 heterocycles. The summed E-state index contributed by atoms with van der Waals surface area (Å²) in [5, 5.41) is 14.4. The molecular weight excluding hydrogens is 204 g/mol. The average molecular weight is 226 g/mol. The summed E-state index contributed by atoms with van der Waals surface area (Å²) in [6.07, 6.45) is 0.856. The van der Waals surface area contributed by atoms with E-state index in [0.717, 1.165) is 24.4 Å². The Bertz CT molecular complexity index is 319. The van der Waals surface area contributed by atoms with Crippen LogP contribution >= 0.6 is 0 Å². The lowest BCUT2D eigenvalue weighted by molar-refractivity contribution is -0.0137. The molecule has 92 valence electrons. The third-order valence-electron chi connectivity index (χ3n) is 2.84. The second kappa shape index (κ2) is 6.01. The molecule has 2 unspecified atom stereocenters. The lowest BCUT2D eigenvalue weighted by atomic mass is 10.1. The van der Waals surface area contributed by atoms with Gasteiger partial charge in [0.25, 0.3) is 0 Å². The molecule has 0 saturated heterocycles. The Morgan fingerprint density at radius 3 is 2.69 bits per heavy atom. The van der Waals surface area contributed by atoms with Gasteiger partial charge in [-0.05, 0) is 26.3 Å². The second-order valence-electron chi connectivity index (χ2n) is 4.05. The number of aromatic nitrogens is 2. The van der Waals surface area contributed by atoms with E-state index in [2.05, 4.69) is 12.0 Å². The third-order valence-corrected chi connectivity index (χ3v) is 2.84. The number of aryl methyl sites for hydroxylation is 2. The molecule has 4 heteroatoms. The van der Waals surface area contributed by atoms with Crippen LogP contribution in [-0.4, -0.2) is 34.2 Å². The zero-order chi connectivity index (χ0) is 12.1. The molecule has 2 atom stereocenters. The minimum Gasteiger partial charge on any atom is -0.390 e. The molecule has 0 fully saturated rings. The Morgan fingerprint density at radius 2 is 2.19 bits per heavy atom. The van der Waals surface area contributed by atoms with Gasteiger partial charge in [-0.1, -0.05) is 6.92 Å². The predicted molar refractivity (Wildman–Crippen MR) is 63.4 cm³/mol. The smallest absolute Gasteiger partial charge is 0.0856 e. The molecule has 1 aromatic heterocycles. The highest BCUT2D eigenvalue weighted by molar-refractivity contribution is 5.10. The highest BCUT2D eigenvalue weighted by Crippen LogP contribution is 2.12. The standard InChI is InChI=1S/C12H22N2O2/c1-5-12(16-4)11(15)8-10-7-9(3)13-14(10)6-2/h7,11-12,15H,5-6,8H2,1-4H3. The maximum absolute atomic E-state index is 10.0. The van der Waals surface area contributed by atoms with Crippen molar-refractivity contribution in [1.82, 2.24) is 9.78 Å². The second-order valence-corrected chi connectivity index (χ2v) is 4.05. The molecule has 0 bridgehead atoms. The van der Waals surface area contributed by atoms with Gasteiger partial charge in [0.05, 0.1) is 17.9 Å². The minimum absolute atomic E-state index is 0.0967. The minimum atomic E-state index is -0.462. The summed E-state index contributed by atoms with van der Waals surface area (Å²) in [6, 6.07) is 2.02. The van der Waals surface area contributed by atoms with E-state index >= 15 is 0 Å². The summed E-state index contributed by atoms with van der Waals surface area (Å²) in [7, 11) is 1.64. The molecule has 0 spiro atoms. The molecule has 4 nitrogen and oxygen atoms in total. The van der Waals surface area contributed by atoms with Gasteiger partial charge in [0.2, 0.25) is 0 Å². The number of nitrogens with zero attached hydrogens (tertiary/aromatic N) is 2. The Hall–Kier alpha value is -0.870. The van der Waals surface area contributed by atoms with Gasteiger partial charge in [-0.25, -0.2) is 0 Å². The lowest BCUT2D eigenvalue weighted by Crippen LogP contribution is -2.30. The fourth-order valence-electron chi connectivity index (χ4n) is 1.98. The maximum atomic E-state index is 10.0. The van der Waals surface area contributed by atoms with Gasteiger partial charge in [-0.3, -0.25) is 4.68 Å². The number of aliphatic hydroxyl groups excluding tert-OH is 1. The number of methoxy groups -OCH3 is 1. The molecule has 1 aromatic rings. The fourth-order valence-corrected chi connectivity index (χ4v) is 1.98. The summed E-state index contributed by atoms with van der Waals surface area (Å²) in [4.78, 5) is 0. The zero-order valence-corrected chi connectivity index (χ0v) is 10.6. The summed E-state index contributed by atoms with van der Waals surface area (Å²) in [5.74, 6) is 0. The summed E-state index contributed by atoms with van der Waals surface area (Å²) >= 11 is 0. The van der Waals surface area contributed by atoms with E-state index in [4.69, 9.17) is 4.74 Å². The fraction of sp³-hybridized carbons (Fsp3) is 0.750. The highest BCUT2D eigenvalue weighted by Gasteiger charge is 2.19. The van der Waals surface area contributed by atoms with E-state index in [0.29, 0.717) is 6.42 Å². The van der Waals surface area contributed by atoms with Crippen molar-refractivity contribution in [2.24, 2.45) is 0 Å². The summed E-state index contributed by atoms with van der Waals surface area (Å²) < 4.78 is 7.17. The normalized spacial score (nSPS) is 15.1. The number of rotatable bonds is 6. The summed E-state index contributed by atoms with van der Waals surface area (Å²) in [6.45, 7) is 6.87. The quantitative estimate of drug-likeness (QED) is 0.800. The molecule has 16 heavy (non-hydrogen) atoms. The van der Waals surface area contributed by atoms with Crippen molar-refractivity contribution in [1.29, 1.82) is 0 Å². The van der Waals surface area contributed by atoms with Crippen molar-refractivity contribution in [3.63, 3.8) is 0 Å². The SMILES string of the molecule is CCC(OC)C(O)Cc1cc(C)nn1CC. The van der Waals surface area contributed by atoms with Crippen molar-refractivity contribution >= 4 is 0 Å². The van der Waals surface area contributed by atoms with E-state index in [1.54, 1.807) is 7.11 Å². The zero-order valence-electron chi connectivity index (χ0n) is 10.6. The van der Waals surface area contributed by atoms with Crippen LogP contribution in [0.5, 0.6) is 0 Å². The van der Waals surface area contributed by atoms with E-state index in [1.165, 1.54) is 0 Å². The maximum Gasteiger partial charge on any atom is 0.0856 e. The average Bonchev–Trinajstić information content (AvgIpc) is 2.60. The number of ether oxygens (including phenoxy) is 1. The van der Waals surface area contributed by atoms with Crippen LogP contribution in [0, 0.1) is 6.92 Å². The third kappa shape index (κ3) is 3.06. The Labute approximate surface area is 97.2 Å². The Morgan fingerprint density at radius 1 is 1.50 bits per heavy atom. The molecule has 1 rings (SSSR count). The molecule has 0 aliphatic carbocycles. The van der Waals surface area contributed by atoms with Crippen molar-refractivity contribution in [2.45, 2.75) is 52.4 Å². The van der Waals surface area contributed by atoms with Crippen molar-refractivity contribution in [3.05, 3.63) is 17.5 Å². The van der Waals surface area contributed by atoms with Gasteiger partial charge in [0.1, 0.15) is 0 Å². The molecule has 1 N–H and O–H groups in total. The highest BCUT2D eigenvalue weighted by atomic mass is 16.5. The van der Waals surface area contributed by atoms with E-state index in [-0.39, 0.29) is 6.10 Å². The van der Waals surface area contributed by atoms with Gasteiger partial charge in [0.15, 0.2) is 0 Å². The Kier molecular flexibility index (Phi) is 4.96. The largest absolute Gasteiger partial charge is 0.390 e. The van der Waals surface area contributed by atoms with Gasteiger partial charge in [0, 0.05) is 25.8 Å². The van der Waals surface area contributed by atoms with Gasteiger partial charge in [-0.15, -0.1) is 0 Å². The first-order chi connectivity index (χ1) is 7.62. The van der Waals surface area contributed by atoms with Crippen LogP contribution < -0.4 is 0 Å². The van der Waals surface area contributed by atoms with E-state index < -0.39 is 6.10 Å². The lowest BCUT2D eigenvalue weighted by Gasteiger charge is -2.20. The topological polar surface area (TPSA) is 47.3 Å². The number of hydrogen-bond donors (Lipinski definition) is 1. The monoisotopic (exact) mass is 226 g/mol. The van der Waals surface area contributed by atoms with Crippen molar-refractivity contribution < 1.29 is 9.84 Å². The first-order valence-corrected chi connectivity index (χ1v) is 5.86. The molecule has 0 amide bonds. The molecular formula is C12H22N2O2. The van der Waals surface area contributed by atoms with Crippen LogP contribution in [0.2, 0.25) is 0 Å². The van der Waals surface area contributed by atoms with Crippen LogP contribution in [0.4, 0.5) is 0 Å². The number of aliphatic hydroxyl groups is 1. The van der Waals surface area contributed by atoms with E-state index in [9.17, 15) is 5.11 Å². The van der Waals surface area contributed by atoms with Crippen molar-refractivity contribution in [2.75, 3.05) is 7.11 Å². The van der Waals surface area contributed by atoms with Crippen LogP contribution in [-0.2, 0) is 17.7 Å². The Balaban J connectivity index is 2.71. The molecule has 0 aliphatic heterocycles. The van der Waals surface area contributed by atoms with Crippen LogP contribution in [0.15, 0.2) is 6.07 Å². The van der Waals surface area contributed by atoms with E-state index in [1.807, 2.05) is 24.6 Å². The van der Waals surface area contributed by atoms with Crippen molar-refractivity contribution in [3.8, 4) is 0 Å². The van der Waals surface area contributed by atoms with Crippen LogP contribution in [0.3, 0.4) is 0 Å². The summed E-state index contributed by atoms with van der Waals surface area (Å²) in [5.41, 5.74) is 2.07. The molecule has 0 radical (unpaired) electrons. The first kappa shape index (κ1) is 13.2. The van der Waals surface area contributed by atoms with Gasteiger partial charge >= 0.3 is 0 Å². The van der Waals surface area contributed by atoms with Crippen LogP contribution in [0.25, 0.3) is 0 Å². The first-order valence-electron chi connectivity index (χ1n) is 5.86. The van der Waals surface area contributed by atoms with Gasteiger partial charge in [-0.2, -0.15) is 5.10 Å². The molecule has 0 aromatic carbocycles.